The highest BCUT2D eigenvalue weighted by molar-refractivity contribution is 7.86. The molecule has 2 N–H and O–H groups in total. The molecule has 7 heteroatoms. The normalized spacial score (nSPS) is 11.8. The largest absolute Gasteiger partial charge is 0.505 e. The lowest BCUT2D eigenvalue weighted by Crippen LogP contribution is -2.13. The van der Waals surface area contributed by atoms with Crippen LogP contribution in [0.1, 0.15) is 0 Å². The fraction of sp³-hybridized carbons (Fsp3) is 0. The molecule has 16 heavy (non-hydrogen) atoms. The van der Waals surface area contributed by atoms with Gasteiger partial charge in [-0.2, -0.15) is 8.42 Å². The summed E-state index contributed by atoms with van der Waals surface area (Å²) in [5.74, 6) is -0.811. The number of fused-ring (bicyclic) bond motifs is 1. The second-order valence-electron chi connectivity index (χ2n) is 3.04. The minimum absolute atomic E-state index is 0.0368. The predicted molar refractivity (Wildman–Crippen MR) is 54.0 cm³/mol. The molecule has 0 aliphatic heterocycles. The Labute approximate surface area is 89.5 Å². The summed E-state index contributed by atoms with van der Waals surface area (Å²) in [6.45, 7) is 0. The van der Waals surface area contributed by atoms with Crippen molar-refractivity contribution in [1.82, 2.24) is 0 Å². The Balaban J connectivity index is 3.04. The Hall–Kier alpha value is -1.86. The third-order valence-electron chi connectivity index (χ3n) is 2.00. The number of para-hydroxylation sites is 1. The molecular weight excluding hydrogens is 236 g/mol. The maximum absolute atomic E-state index is 11.2. The SMILES string of the molecule is O=c1oc2ccccc2c(O)c1S(=O)(=O)O. The van der Waals surface area contributed by atoms with Crippen LogP contribution in [0.5, 0.6) is 5.75 Å². The minimum atomic E-state index is -4.81. The minimum Gasteiger partial charge on any atom is -0.505 e. The molecule has 2 aromatic rings. The molecule has 0 aliphatic rings. The highest BCUT2D eigenvalue weighted by Crippen LogP contribution is 2.28. The molecule has 0 saturated heterocycles. The van der Waals surface area contributed by atoms with Crippen LogP contribution >= 0.6 is 0 Å². The van der Waals surface area contributed by atoms with Crippen LogP contribution in [-0.4, -0.2) is 18.1 Å². The number of aromatic hydroxyl groups is 1. The third-order valence-corrected chi connectivity index (χ3v) is 2.88. The lowest BCUT2D eigenvalue weighted by atomic mass is 10.2. The molecule has 1 aromatic heterocycles. The van der Waals surface area contributed by atoms with E-state index in [-0.39, 0.29) is 11.0 Å². The van der Waals surface area contributed by atoms with Gasteiger partial charge in [0.05, 0.1) is 5.39 Å². The van der Waals surface area contributed by atoms with E-state index in [1.54, 1.807) is 6.07 Å². The standard InChI is InChI=1S/C9H6O6S/c10-7-5-3-1-2-4-6(5)15-9(11)8(7)16(12,13)14/h1-4,10H,(H,12,13,14). The van der Waals surface area contributed by atoms with Crippen LogP contribution in [0.15, 0.2) is 38.4 Å². The van der Waals surface area contributed by atoms with Gasteiger partial charge in [-0.25, -0.2) is 4.79 Å². The van der Waals surface area contributed by atoms with Gasteiger partial charge in [0.15, 0.2) is 5.75 Å². The molecular formula is C9H6O6S. The van der Waals surface area contributed by atoms with E-state index in [2.05, 4.69) is 4.42 Å². The Kier molecular flexibility index (Phi) is 2.21. The molecule has 0 spiro atoms. The van der Waals surface area contributed by atoms with Gasteiger partial charge in [0.25, 0.3) is 0 Å². The summed E-state index contributed by atoms with van der Waals surface area (Å²) in [6.07, 6.45) is 0. The van der Waals surface area contributed by atoms with Gasteiger partial charge in [-0.05, 0) is 12.1 Å². The molecule has 0 bridgehead atoms. The summed E-state index contributed by atoms with van der Waals surface area (Å²) in [7, 11) is -4.81. The zero-order valence-electron chi connectivity index (χ0n) is 7.75. The molecule has 2 rings (SSSR count). The monoisotopic (exact) mass is 242 g/mol. The van der Waals surface area contributed by atoms with Crippen LogP contribution in [0, 0.1) is 0 Å². The predicted octanol–water partition coefficient (Wildman–Crippen LogP) is 0.745. The van der Waals surface area contributed by atoms with Gasteiger partial charge in [0.1, 0.15) is 5.58 Å². The van der Waals surface area contributed by atoms with E-state index in [9.17, 15) is 18.3 Å². The molecule has 0 atom stereocenters. The van der Waals surface area contributed by atoms with Gasteiger partial charge in [-0.15, -0.1) is 0 Å². The molecule has 0 amide bonds. The highest BCUT2D eigenvalue weighted by Gasteiger charge is 2.24. The number of benzene rings is 1. The molecule has 1 aromatic carbocycles. The van der Waals surface area contributed by atoms with E-state index in [1.807, 2.05) is 0 Å². The van der Waals surface area contributed by atoms with Gasteiger partial charge in [-0.1, -0.05) is 12.1 Å². The molecule has 0 saturated carbocycles. The topological polar surface area (TPSA) is 105 Å². The third kappa shape index (κ3) is 1.55. The first kappa shape index (κ1) is 10.7. The van der Waals surface area contributed by atoms with Crippen molar-refractivity contribution in [2.75, 3.05) is 0 Å². The Morgan fingerprint density at radius 2 is 1.81 bits per heavy atom. The van der Waals surface area contributed by atoms with E-state index in [4.69, 9.17) is 4.55 Å². The highest BCUT2D eigenvalue weighted by atomic mass is 32.2. The molecule has 1 heterocycles. The molecule has 0 fully saturated rings. The summed E-state index contributed by atoms with van der Waals surface area (Å²) < 4.78 is 35.1. The van der Waals surface area contributed by atoms with Crippen molar-refractivity contribution in [1.29, 1.82) is 0 Å². The van der Waals surface area contributed by atoms with Crippen LogP contribution < -0.4 is 5.63 Å². The maximum atomic E-state index is 11.2. The van der Waals surface area contributed by atoms with Gasteiger partial charge in [0, 0.05) is 0 Å². The summed E-state index contributed by atoms with van der Waals surface area (Å²) in [5.41, 5.74) is -1.27. The van der Waals surface area contributed by atoms with E-state index >= 15 is 0 Å². The average Bonchev–Trinajstić information content (AvgIpc) is 2.15. The van der Waals surface area contributed by atoms with Crippen LogP contribution in [0.4, 0.5) is 0 Å². The van der Waals surface area contributed by atoms with Crippen molar-refractivity contribution in [3.63, 3.8) is 0 Å². The van der Waals surface area contributed by atoms with Crippen molar-refractivity contribution in [2.24, 2.45) is 0 Å². The van der Waals surface area contributed by atoms with Gasteiger partial charge in [0.2, 0.25) is 4.90 Å². The van der Waals surface area contributed by atoms with Gasteiger partial charge >= 0.3 is 15.7 Å². The van der Waals surface area contributed by atoms with Crippen molar-refractivity contribution >= 4 is 21.1 Å². The van der Waals surface area contributed by atoms with E-state index in [1.165, 1.54) is 18.2 Å². The summed E-state index contributed by atoms with van der Waals surface area (Å²) in [4.78, 5) is 10.1. The van der Waals surface area contributed by atoms with Crippen molar-refractivity contribution in [2.45, 2.75) is 4.90 Å². The fourth-order valence-electron chi connectivity index (χ4n) is 1.34. The Morgan fingerprint density at radius 1 is 1.19 bits per heavy atom. The Bertz CT molecular complexity index is 712. The smallest absolute Gasteiger partial charge is 0.361 e. The molecule has 0 aliphatic carbocycles. The van der Waals surface area contributed by atoms with Crippen LogP contribution in [0.25, 0.3) is 11.0 Å². The molecule has 6 nitrogen and oxygen atoms in total. The zero-order valence-corrected chi connectivity index (χ0v) is 8.56. The second-order valence-corrected chi connectivity index (χ2v) is 4.40. The second kappa shape index (κ2) is 3.32. The quantitative estimate of drug-likeness (QED) is 0.564. The van der Waals surface area contributed by atoms with Crippen LogP contribution in [-0.2, 0) is 10.1 Å². The fourth-order valence-corrected chi connectivity index (χ4v) is 1.95. The van der Waals surface area contributed by atoms with Crippen molar-refractivity contribution in [3.05, 3.63) is 34.7 Å². The van der Waals surface area contributed by atoms with Gasteiger partial charge < -0.3 is 9.52 Å². The number of rotatable bonds is 1. The number of hydrogen-bond donors (Lipinski definition) is 2. The molecule has 84 valence electrons. The Morgan fingerprint density at radius 3 is 2.44 bits per heavy atom. The average molecular weight is 242 g/mol. The van der Waals surface area contributed by atoms with Crippen LogP contribution in [0.3, 0.4) is 0 Å². The van der Waals surface area contributed by atoms with E-state index in [0.717, 1.165) is 0 Å². The van der Waals surface area contributed by atoms with Gasteiger partial charge in [-0.3, -0.25) is 4.55 Å². The molecule has 0 unspecified atom stereocenters. The zero-order chi connectivity index (χ0) is 11.9. The van der Waals surface area contributed by atoms with E-state index in [0.29, 0.717) is 0 Å². The van der Waals surface area contributed by atoms with Crippen molar-refractivity contribution < 1.29 is 22.5 Å². The summed E-state index contributed by atoms with van der Waals surface area (Å²) >= 11 is 0. The number of hydrogen-bond acceptors (Lipinski definition) is 5. The lowest BCUT2D eigenvalue weighted by Gasteiger charge is -2.02. The van der Waals surface area contributed by atoms with Crippen molar-refractivity contribution in [3.8, 4) is 5.75 Å². The first-order chi connectivity index (χ1) is 7.41. The summed E-state index contributed by atoms with van der Waals surface area (Å²) in [6, 6.07) is 5.83. The van der Waals surface area contributed by atoms with E-state index < -0.39 is 26.4 Å². The first-order valence-electron chi connectivity index (χ1n) is 4.13. The molecule has 0 radical (unpaired) electrons. The maximum Gasteiger partial charge on any atom is 0.361 e. The first-order valence-corrected chi connectivity index (χ1v) is 5.57. The summed E-state index contributed by atoms with van der Waals surface area (Å²) in [5, 5.41) is 9.60. The lowest BCUT2D eigenvalue weighted by molar-refractivity contribution is 0.425. The van der Waals surface area contributed by atoms with Crippen LogP contribution in [0.2, 0.25) is 0 Å².